The van der Waals surface area contributed by atoms with Gasteiger partial charge in [-0.05, 0) is 37.3 Å². The molecule has 0 radical (unpaired) electrons. The van der Waals surface area contributed by atoms with Gasteiger partial charge < -0.3 is 15.5 Å². The molecule has 0 spiro atoms. The number of rotatable bonds is 4. The van der Waals surface area contributed by atoms with Crippen molar-refractivity contribution in [2.24, 2.45) is 10.2 Å². The van der Waals surface area contributed by atoms with Gasteiger partial charge in [-0.25, -0.2) is 0 Å². The van der Waals surface area contributed by atoms with Gasteiger partial charge in [0.15, 0.2) is 5.70 Å². The zero-order valence-corrected chi connectivity index (χ0v) is 12.9. The summed E-state index contributed by atoms with van der Waals surface area (Å²) < 4.78 is 0. The Hall–Kier alpha value is -2.86. The van der Waals surface area contributed by atoms with Gasteiger partial charge in [-0.1, -0.05) is 29.8 Å². The van der Waals surface area contributed by atoms with E-state index in [2.05, 4.69) is 15.5 Å². The minimum atomic E-state index is -0.624. The fourth-order valence-electron chi connectivity index (χ4n) is 1.67. The van der Waals surface area contributed by atoms with Crippen molar-refractivity contribution < 1.29 is 15.0 Å². The lowest BCUT2D eigenvalue weighted by molar-refractivity contribution is -0.113. The lowest BCUT2D eigenvalue weighted by Crippen LogP contribution is -2.14. The fourth-order valence-corrected chi connectivity index (χ4v) is 1.84. The van der Waals surface area contributed by atoms with Crippen LogP contribution in [-0.4, -0.2) is 16.1 Å². The Bertz CT molecular complexity index is 769. The molecule has 0 atom stereocenters. The molecule has 0 saturated heterocycles. The molecular formula is C16H14ClN3O3. The summed E-state index contributed by atoms with van der Waals surface area (Å²) in [6, 6.07) is 13.0. The minimum absolute atomic E-state index is 0.0868. The standard InChI is InChI=1S/C16H14ClN3O3/c1-10(21)15(16(23)18-12-5-3-2-4-6-12)20-19-13-9-11(17)7-8-14(13)22/h2-9,21-22H,1H3,(H,18,23). The monoisotopic (exact) mass is 331 g/mol. The predicted molar refractivity (Wildman–Crippen MR) is 88.0 cm³/mol. The molecular weight excluding hydrogens is 318 g/mol. The second kappa shape index (κ2) is 7.42. The highest BCUT2D eigenvalue weighted by Gasteiger charge is 2.13. The van der Waals surface area contributed by atoms with Crippen molar-refractivity contribution in [2.45, 2.75) is 6.92 Å². The highest BCUT2D eigenvalue weighted by atomic mass is 35.5. The zero-order valence-electron chi connectivity index (χ0n) is 12.2. The number of carbonyl (C=O) groups is 1. The molecule has 2 aromatic rings. The van der Waals surface area contributed by atoms with Crippen molar-refractivity contribution in [2.75, 3.05) is 5.32 Å². The van der Waals surface area contributed by atoms with Crippen molar-refractivity contribution in [3.63, 3.8) is 0 Å². The van der Waals surface area contributed by atoms with Gasteiger partial charge in [0, 0.05) is 10.7 Å². The largest absolute Gasteiger partial charge is 0.510 e. The molecule has 23 heavy (non-hydrogen) atoms. The SMILES string of the molecule is CC(O)=C(N=Nc1cc(Cl)ccc1O)C(=O)Nc1ccccc1. The Kier molecular flexibility index (Phi) is 5.32. The number of benzene rings is 2. The van der Waals surface area contributed by atoms with Gasteiger partial charge in [0.2, 0.25) is 0 Å². The van der Waals surface area contributed by atoms with Crippen molar-refractivity contribution in [1.82, 2.24) is 0 Å². The Labute approximate surface area is 137 Å². The van der Waals surface area contributed by atoms with Crippen molar-refractivity contribution in [3.05, 3.63) is 65.0 Å². The van der Waals surface area contributed by atoms with E-state index in [1.54, 1.807) is 24.3 Å². The van der Waals surface area contributed by atoms with Crippen LogP contribution in [0.1, 0.15) is 6.92 Å². The molecule has 0 bridgehead atoms. The summed E-state index contributed by atoms with van der Waals surface area (Å²) in [4.78, 5) is 12.2. The third-order valence-corrected chi connectivity index (χ3v) is 3.02. The molecule has 118 valence electrons. The van der Waals surface area contributed by atoms with E-state index in [0.717, 1.165) is 0 Å². The molecule has 0 unspecified atom stereocenters. The number of phenolic OH excluding ortho intramolecular Hbond substituents is 1. The molecule has 3 N–H and O–H groups in total. The molecule has 1 amide bonds. The van der Waals surface area contributed by atoms with Gasteiger partial charge in [0.05, 0.1) is 0 Å². The summed E-state index contributed by atoms with van der Waals surface area (Å²) in [5.41, 5.74) is 0.369. The Balaban J connectivity index is 2.23. The van der Waals surface area contributed by atoms with Gasteiger partial charge in [-0.3, -0.25) is 4.79 Å². The molecule has 6 nitrogen and oxygen atoms in total. The summed E-state index contributed by atoms with van der Waals surface area (Å²) in [6.07, 6.45) is 0. The molecule has 0 aromatic heterocycles. The second-order valence-corrected chi connectivity index (χ2v) is 5.02. The van der Waals surface area contributed by atoms with Gasteiger partial charge in [0.1, 0.15) is 17.2 Å². The number of carbonyl (C=O) groups excluding carboxylic acids is 1. The van der Waals surface area contributed by atoms with E-state index in [1.165, 1.54) is 25.1 Å². The number of phenols is 1. The van der Waals surface area contributed by atoms with Gasteiger partial charge in [-0.15, -0.1) is 10.2 Å². The number of hydrogen-bond donors (Lipinski definition) is 3. The second-order valence-electron chi connectivity index (χ2n) is 4.59. The molecule has 0 aliphatic rings. The van der Waals surface area contributed by atoms with Crippen molar-refractivity contribution in [3.8, 4) is 5.75 Å². The number of aliphatic hydroxyl groups is 1. The maximum absolute atomic E-state index is 12.2. The zero-order chi connectivity index (χ0) is 16.8. The maximum atomic E-state index is 12.2. The number of allylic oxidation sites excluding steroid dienone is 1. The van der Waals surface area contributed by atoms with Crippen LogP contribution in [0.25, 0.3) is 0 Å². The number of nitrogens with one attached hydrogen (secondary N) is 1. The van der Waals surface area contributed by atoms with E-state index in [1.807, 2.05) is 6.07 Å². The van der Waals surface area contributed by atoms with Crippen LogP contribution in [0.2, 0.25) is 5.02 Å². The van der Waals surface area contributed by atoms with E-state index < -0.39 is 5.91 Å². The summed E-state index contributed by atoms with van der Waals surface area (Å²) in [7, 11) is 0. The average molecular weight is 332 g/mol. The van der Waals surface area contributed by atoms with Crippen LogP contribution in [0.4, 0.5) is 11.4 Å². The molecule has 0 fully saturated rings. The molecule has 2 rings (SSSR count). The average Bonchev–Trinajstić information content (AvgIpc) is 2.51. The lowest BCUT2D eigenvalue weighted by atomic mass is 10.3. The van der Waals surface area contributed by atoms with Crippen molar-refractivity contribution >= 4 is 28.9 Å². The third-order valence-electron chi connectivity index (χ3n) is 2.78. The van der Waals surface area contributed by atoms with Crippen molar-refractivity contribution in [1.29, 1.82) is 0 Å². The van der Waals surface area contributed by atoms with Crippen LogP contribution < -0.4 is 5.32 Å². The molecule has 2 aromatic carbocycles. The first kappa shape index (κ1) is 16.5. The van der Waals surface area contributed by atoms with Crippen LogP contribution in [0, 0.1) is 0 Å². The Morgan fingerprint density at radius 2 is 1.87 bits per heavy atom. The minimum Gasteiger partial charge on any atom is -0.510 e. The fraction of sp³-hybridized carbons (Fsp3) is 0.0625. The summed E-state index contributed by atoms with van der Waals surface area (Å²) in [6.45, 7) is 1.32. The summed E-state index contributed by atoms with van der Waals surface area (Å²) in [5, 5.41) is 29.7. The van der Waals surface area contributed by atoms with Crippen LogP contribution in [-0.2, 0) is 4.79 Å². The number of para-hydroxylation sites is 1. The van der Waals surface area contributed by atoms with E-state index in [-0.39, 0.29) is 22.9 Å². The first-order chi connectivity index (χ1) is 11.0. The number of hydrogen-bond acceptors (Lipinski definition) is 5. The van der Waals surface area contributed by atoms with E-state index >= 15 is 0 Å². The summed E-state index contributed by atoms with van der Waals surface area (Å²) in [5.74, 6) is -1.07. The van der Waals surface area contributed by atoms with Gasteiger partial charge in [-0.2, -0.15) is 0 Å². The lowest BCUT2D eigenvalue weighted by Gasteiger charge is -2.05. The van der Waals surface area contributed by atoms with E-state index in [0.29, 0.717) is 10.7 Å². The number of nitrogens with zero attached hydrogens (tertiary/aromatic N) is 2. The molecule has 0 aliphatic heterocycles. The normalized spacial score (nSPS) is 12.1. The van der Waals surface area contributed by atoms with Crippen LogP contribution >= 0.6 is 11.6 Å². The van der Waals surface area contributed by atoms with Gasteiger partial charge >= 0.3 is 0 Å². The molecule has 0 heterocycles. The molecule has 7 heteroatoms. The van der Waals surface area contributed by atoms with Crippen LogP contribution in [0.3, 0.4) is 0 Å². The van der Waals surface area contributed by atoms with Gasteiger partial charge in [0.25, 0.3) is 5.91 Å². The van der Waals surface area contributed by atoms with E-state index in [4.69, 9.17) is 11.6 Å². The Morgan fingerprint density at radius 3 is 2.52 bits per heavy atom. The highest BCUT2D eigenvalue weighted by Crippen LogP contribution is 2.30. The number of anilines is 1. The van der Waals surface area contributed by atoms with Crippen LogP contribution in [0.15, 0.2) is 70.2 Å². The number of aliphatic hydroxyl groups excluding tert-OH is 1. The number of azo groups is 1. The first-order valence-electron chi connectivity index (χ1n) is 6.64. The smallest absolute Gasteiger partial charge is 0.279 e. The molecule has 0 saturated carbocycles. The third kappa shape index (κ3) is 4.55. The predicted octanol–water partition coefficient (Wildman–Crippen LogP) is 4.56. The maximum Gasteiger partial charge on any atom is 0.279 e. The summed E-state index contributed by atoms with van der Waals surface area (Å²) >= 11 is 5.81. The highest BCUT2D eigenvalue weighted by molar-refractivity contribution is 6.30. The first-order valence-corrected chi connectivity index (χ1v) is 7.01. The number of halogens is 1. The quantitative estimate of drug-likeness (QED) is 0.435. The Morgan fingerprint density at radius 1 is 1.17 bits per heavy atom. The number of amides is 1. The number of aromatic hydroxyl groups is 1. The molecule has 0 aliphatic carbocycles. The topological polar surface area (TPSA) is 94.3 Å². The van der Waals surface area contributed by atoms with E-state index in [9.17, 15) is 15.0 Å². The van der Waals surface area contributed by atoms with Crippen LogP contribution in [0.5, 0.6) is 5.75 Å².